The molecule has 162 valence electrons. The molecule has 2 aliphatic rings. The summed E-state index contributed by atoms with van der Waals surface area (Å²) in [6.07, 6.45) is 3.38. The maximum absolute atomic E-state index is 5.48. The molecule has 30 heavy (non-hydrogen) atoms. The molecule has 4 rings (SSSR count). The van der Waals surface area contributed by atoms with E-state index in [1.54, 1.807) is 0 Å². The summed E-state index contributed by atoms with van der Waals surface area (Å²) in [6, 6.07) is 11.0. The normalized spacial score (nSPS) is 21.6. The van der Waals surface area contributed by atoms with Crippen molar-refractivity contribution in [3.8, 4) is 11.5 Å². The van der Waals surface area contributed by atoms with Crippen molar-refractivity contribution in [1.82, 2.24) is 15.5 Å². The first-order chi connectivity index (χ1) is 14.7. The number of rotatable bonds is 7. The zero-order chi connectivity index (χ0) is 20.8. The summed E-state index contributed by atoms with van der Waals surface area (Å²) >= 11 is 1.86. The largest absolute Gasteiger partial charge is 0.454 e. The van der Waals surface area contributed by atoms with Gasteiger partial charge in [-0.3, -0.25) is 9.89 Å². The van der Waals surface area contributed by atoms with Crippen molar-refractivity contribution < 1.29 is 9.47 Å². The topological polar surface area (TPSA) is 58.1 Å². The van der Waals surface area contributed by atoms with Crippen molar-refractivity contribution in [2.75, 3.05) is 40.0 Å². The Morgan fingerprint density at radius 2 is 2.13 bits per heavy atom. The van der Waals surface area contributed by atoms with Crippen LogP contribution in [0.25, 0.3) is 0 Å². The molecule has 1 aromatic heterocycles. The van der Waals surface area contributed by atoms with Crippen molar-refractivity contribution in [2.24, 2.45) is 10.9 Å². The third-order valence-corrected chi connectivity index (χ3v) is 6.76. The molecule has 0 radical (unpaired) electrons. The Morgan fingerprint density at radius 1 is 1.23 bits per heavy atom. The minimum absolute atomic E-state index is 0.317. The highest BCUT2D eigenvalue weighted by molar-refractivity contribution is 7.10. The lowest BCUT2D eigenvalue weighted by Crippen LogP contribution is -2.40. The Labute approximate surface area is 183 Å². The van der Waals surface area contributed by atoms with Crippen LogP contribution in [0.2, 0.25) is 0 Å². The first-order valence-corrected chi connectivity index (χ1v) is 11.8. The molecule has 1 aromatic carbocycles. The SMILES string of the molecule is CCNC(=NCC1CCCN(C)C1c1cccs1)NCCc1ccc2c(c1)OCO2. The van der Waals surface area contributed by atoms with Gasteiger partial charge in [0.25, 0.3) is 0 Å². The second kappa shape index (κ2) is 10.2. The van der Waals surface area contributed by atoms with Crippen molar-refractivity contribution in [1.29, 1.82) is 0 Å². The van der Waals surface area contributed by atoms with Crippen molar-refractivity contribution in [3.05, 3.63) is 46.2 Å². The number of aliphatic imine (C=N–C) groups is 1. The summed E-state index contributed by atoms with van der Waals surface area (Å²) in [5.74, 6) is 3.12. The lowest BCUT2D eigenvalue weighted by molar-refractivity contribution is 0.128. The van der Waals surface area contributed by atoms with E-state index in [4.69, 9.17) is 14.5 Å². The third kappa shape index (κ3) is 5.08. The van der Waals surface area contributed by atoms with Crippen molar-refractivity contribution in [2.45, 2.75) is 32.2 Å². The summed E-state index contributed by atoms with van der Waals surface area (Å²) in [5.41, 5.74) is 1.23. The maximum Gasteiger partial charge on any atom is 0.231 e. The number of ether oxygens (including phenoxy) is 2. The Balaban J connectivity index is 1.34. The molecular weight excluding hydrogens is 396 g/mol. The van der Waals surface area contributed by atoms with Gasteiger partial charge in [0.05, 0.1) is 0 Å². The minimum Gasteiger partial charge on any atom is -0.454 e. The number of likely N-dealkylation sites (tertiary alicyclic amines) is 1. The molecule has 3 heterocycles. The predicted octanol–water partition coefficient (Wildman–Crippen LogP) is 3.66. The van der Waals surface area contributed by atoms with Gasteiger partial charge in [-0.1, -0.05) is 12.1 Å². The quantitative estimate of drug-likeness (QED) is 0.521. The highest BCUT2D eigenvalue weighted by Gasteiger charge is 2.31. The average molecular weight is 429 g/mol. The number of fused-ring (bicyclic) bond motifs is 1. The molecule has 6 nitrogen and oxygen atoms in total. The number of piperidine rings is 1. The van der Waals surface area contributed by atoms with Crippen LogP contribution in [0.1, 0.15) is 36.2 Å². The minimum atomic E-state index is 0.317. The molecule has 0 saturated carbocycles. The Hall–Kier alpha value is -2.25. The number of benzene rings is 1. The monoisotopic (exact) mass is 428 g/mol. The molecule has 2 atom stereocenters. The van der Waals surface area contributed by atoms with Crippen LogP contribution < -0.4 is 20.1 Å². The highest BCUT2D eigenvalue weighted by atomic mass is 32.1. The fourth-order valence-corrected chi connectivity index (χ4v) is 5.32. The summed E-state index contributed by atoms with van der Waals surface area (Å²) in [6.45, 7) is 6.11. The van der Waals surface area contributed by atoms with Crippen molar-refractivity contribution in [3.63, 3.8) is 0 Å². The number of guanidine groups is 1. The average Bonchev–Trinajstić information content (AvgIpc) is 3.43. The number of hydrogen-bond donors (Lipinski definition) is 2. The fourth-order valence-electron chi connectivity index (χ4n) is 4.33. The van der Waals surface area contributed by atoms with Crippen LogP contribution in [-0.2, 0) is 6.42 Å². The zero-order valence-electron chi connectivity index (χ0n) is 17.9. The molecule has 0 spiro atoms. The van der Waals surface area contributed by atoms with Gasteiger partial charge in [0.15, 0.2) is 17.5 Å². The van der Waals surface area contributed by atoms with Crippen LogP contribution in [0.4, 0.5) is 0 Å². The van der Waals surface area contributed by atoms with E-state index < -0.39 is 0 Å². The highest BCUT2D eigenvalue weighted by Crippen LogP contribution is 2.37. The van der Waals surface area contributed by atoms with Crippen molar-refractivity contribution >= 4 is 17.3 Å². The zero-order valence-corrected chi connectivity index (χ0v) is 18.7. The van der Waals surface area contributed by atoms with Gasteiger partial charge < -0.3 is 20.1 Å². The van der Waals surface area contributed by atoms with E-state index >= 15 is 0 Å². The van der Waals surface area contributed by atoms with Gasteiger partial charge in [0.1, 0.15) is 0 Å². The molecule has 2 N–H and O–H groups in total. The third-order valence-electron chi connectivity index (χ3n) is 5.81. The summed E-state index contributed by atoms with van der Waals surface area (Å²) in [5, 5.41) is 9.07. The molecule has 2 aliphatic heterocycles. The maximum atomic E-state index is 5.48. The second-order valence-electron chi connectivity index (χ2n) is 7.93. The fraction of sp³-hybridized carbons (Fsp3) is 0.522. The summed E-state index contributed by atoms with van der Waals surface area (Å²) < 4.78 is 10.9. The molecule has 7 heteroatoms. The molecule has 0 amide bonds. The lowest BCUT2D eigenvalue weighted by Gasteiger charge is -2.38. The number of nitrogens with zero attached hydrogens (tertiary/aromatic N) is 2. The second-order valence-corrected chi connectivity index (χ2v) is 8.91. The Kier molecular flexibility index (Phi) is 7.12. The van der Waals surface area contributed by atoms with E-state index in [0.717, 1.165) is 50.1 Å². The number of nitrogens with one attached hydrogen (secondary N) is 2. The van der Waals surface area contributed by atoms with E-state index in [1.165, 1.54) is 23.3 Å². The van der Waals surface area contributed by atoms with Gasteiger partial charge in [0.2, 0.25) is 6.79 Å². The van der Waals surface area contributed by atoms with Crippen LogP contribution in [0.3, 0.4) is 0 Å². The molecule has 2 aromatic rings. The molecular formula is C23H32N4O2S. The summed E-state index contributed by atoms with van der Waals surface area (Å²) in [7, 11) is 2.25. The van der Waals surface area contributed by atoms with Gasteiger partial charge >= 0.3 is 0 Å². The summed E-state index contributed by atoms with van der Waals surface area (Å²) in [4.78, 5) is 8.90. The number of hydrogen-bond acceptors (Lipinski definition) is 5. The van der Waals surface area contributed by atoms with E-state index in [2.05, 4.69) is 59.2 Å². The van der Waals surface area contributed by atoms with E-state index in [-0.39, 0.29) is 0 Å². The van der Waals surface area contributed by atoms with Crippen LogP contribution in [-0.4, -0.2) is 50.9 Å². The lowest BCUT2D eigenvalue weighted by atomic mass is 9.88. The van der Waals surface area contributed by atoms with Gasteiger partial charge in [-0.25, -0.2) is 0 Å². The van der Waals surface area contributed by atoms with E-state index in [0.29, 0.717) is 18.8 Å². The smallest absolute Gasteiger partial charge is 0.231 e. The first-order valence-electron chi connectivity index (χ1n) is 10.9. The molecule has 2 unspecified atom stereocenters. The van der Waals surface area contributed by atoms with E-state index in [9.17, 15) is 0 Å². The Bertz CT molecular complexity index is 840. The standard InChI is InChI=1S/C23H32N4O2S/c1-3-24-23(25-11-10-17-8-9-19-20(14-17)29-16-28-19)26-15-18-6-4-12-27(2)22(18)21-7-5-13-30-21/h5,7-9,13-14,18,22H,3-4,6,10-12,15-16H2,1-2H3,(H2,24,25,26). The first kappa shape index (κ1) is 21.0. The van der Waals surface area contributed by atoms with Gasteiger partial charge in [-0.15, -0.1) is 11.3 Å². The van der Waals surface area contributed by atoms with Gasteiger partial charge in [-0.05, 0) is 74.8 Å². The van der Waals surface area contributed by atoms with E-state index in [1.807, 2.05) is 17.4 Å². The number of thiophene rings is 1. The molecule has 0 aliphatic carbocycles. The van der Waals surface area contributed by atoms with Crippen LogP contribution in [0, 0.1) is 5.92 Å². The van der Waals surface area contributed by atoms with Crippen LogP contribution in [0.15, 0.2) is 40.7 Å². The molecule has 0 bridgehead atoms. The molecule has 1 fully saturated rings. The van der Waals surface area contributed by atoms with Gasteiger partial charge in [0, 0.05) is 30.6 Å². The predicted molar refractivity (Wildman–Crippen MR) is 123 cm³/mol. The van der Waals surface area contributed by atoms with Gasteiger partial charge in [-0.2, -0.15) is 0 Å². The van der Waals surface area contributed by atoms with Crippen LogP contribution in [0.5, 0.6) is 11.5 Å². The Morgan fingerprint density at radius 3 is 2.97 bits per heavy atom. The molecule has 1 saturated heterocycles. The van der Waals surface area contributed by atoms with Crippen LogP contribution >= 0.6 is 11.3 Å².